The number of rotatable bonds is 2. The third-order valence-electron chi connectivity index (χ3n) is 2.05. The van der Waals surface area contributed by atoms with Crippen molar-refractivity contribution in [2.24, 2.45) is 0 Å². The van der Waals surface area contributed by atoms with Crippen molar-refractivity contribution < 1.29 is 4.79 Å². The fourth-order valence-corrected chi connectivity index (χ4v) is 4.13. The molecule has 0 aliphatic carbocycles. The van der Waals surface area contributed by atoms with Crippen molar-refractivity contribution in [3.05, 3.63) is 25.7 Å². The Labute approximate surface area is 116 Å². The highest BCUT2D eigenvalue weighted by molar-refractivity contribution is 9.10. The van der Waals surface area contributed by atoms with E-state index >= 15 is 0 Å². The molecule has 1 aliphatic heterocycles. The van der Waals surface area contributed by atoms with Crippen LogP contribution in [0, 0.1) is 0 Å². The summed E-state index contributed by atoms with van der Waals surface area (Å²) in [5.41, 5.74) is 0. The third-order valence-corrected chi connectivity index (χ3v) is 5.07. The normalized spacial score (nSPS) is 18.9. The van der Waals surface area contributed by atoms with Gasteiger partial charge in [-0.25, -0.2) is 0 Å². The lowest BCUT2D eigenvalue weighted by molar-refractivity contribution is -0.121. The van der Waals surface area contributed by atoms with Crippen LogP contribution < -0.4 is 0 Å². The number of thiocarbonyl (C=S) groups is 1. The van der Waals surface area contributed by atoms with Gasteiger partial charge in [0.05, 0.1) is 4.91 Å². The van der Waals surface area contributed by atoms with Crippen molar-refractivity contribution >= 4 is 67.6 Å². The lowest BCUT2D eigenvalue weighted by atomic mass is 10.4. The van der Waals surface area contributed by atoms with Crippen LogP contribution in [-0.4, -0.2) is 21.7 Å². The van der Waals surface area contributed by atoms with Crippen molar-refractivity contribution in [1.82, 2.24) is 4.90 Å². The Bertz CT molecular complexity index is 480. The number of carbonyl (C=O) groups excluding carboxylic acids is 1. The molecule has 84 valence electrons. The average molecular weight is 334 g/mol. The van der Waals surface area contributed by atoms with Crippen LogP contribution in [0.2, 0.25) is 0 Å². The predicted octanol–water partition coefficient (Wildman–Crippen LogP) is 3.73. The van der Waals surface area contributed by atoms with E-state index in [1.165, 1.54) is 11.8 Å². The molecule has 0 radical (unpaired) electrons. The summed E-state index contributed by atoms with van der Waals surface area (Å²) in [4.78, 5) is 15.3. The first kappa shape index (κ1) is 12.3. The molecule has 0 saturated carbocycles. The summed E-state index contributed by atoms with van der Waals surface area (Å²) in [6, 6.07) is 1.99. The van der Waals surface area contributed by atoms with E-state index in [1.54, 1.807) is 16.2 Å². The van der Waals surface area contributed by atoms with Gasteiger partial charge in [0.2, 0.25) is 0 Å². The van der Waals surface area contributed by atoms with E-state index < -0.39 is 0 Å². The van der Waals surface area contributed by atoms with Gasteiger partial charge in [0.25, 0.3) is 5.91 Å². The van der Waals surface area contributed by atoms with Gasteiger partial charge in [0.15, 0.2) is 0 Å². The highest BCUT2D eigenvalue weighted by atomic mass is 79.9. The summed E-state index contributed by atoms with van der Waals surface area (Å²) in [5.74, 6) is 0.0158. The number of nitrogens with zero attached hydrogens (tertiary/aromatic N) is 1. The van der Waals surface area contributed by atoms with Crippen molar-refractivity contribution in [3.63, 3.8) is 0 Å². The van der Waals surface area contributed by atoms with E-state index in [2.05, 4.69) is 15.9 Å². The van der Waals surface area contributed by atoms with Crippen LogP contribution >= 0.6 is 51.2 Å². The molecular weight excluding hydrogens is 326 g/mol. The number of halogens is 1. The Balaban J connectivity index is 2.27. The zero-order chi connectivity index (χ0) is 11.7. The van der Waals surface area contributed by atoms with Crippen molar-refractivity contribution in [2.75, 3.05) is 6.54 Å². The van der Waals surface area contributed by atoms with E-state index in [4.69, 9.17) is 12.2 Å². The van der Waals surface area contributed by atoms with Gasteiger partial charge in [-0.05, 0) is 35.0 Å². The summed E-state index contributed by atoms with van der Waals surface area (Å²) in [6.45, 7) is 2.56. The molecule has 1 fully saturated rings. The van der Waals surface area contributed by atoms with E-state index in [9.17, 15) is 4.79 Å². The molecule has 6 heteroatoms. The summed E-state index contributed by atoms with van der Waals surface area (Å²) < 4.78 is 1.68. The second-order valence-electron chi connectivity index (χ2n) is 3.09. The minimum absolute atomic E-state index is 0.0158. The number of thioether (sulfide) groups is 1. The van der Waals surface area contributed by atoms with Gasteiger partial charge >= 0.3 is 0 Å². The van der Waals surface area contributed by atoms with Crippen molar-refractivity contribution in [1.29, 1.82) is 0 Å². The maximum absolute atomic E-state index is 11.9. The van der Waals surface area contributed by atoms with Crippen LogP contribution in [-0.2, 0) is 4.79 Å². The molecule has 16 heavy (non-hydrogen) atoms. The molecule has 0 atom stereocenters. The standard InChI is InChI=1S/C10H8BrNOS3/c1-2-12-9(13)8(16-10(12)14)4-7-3-6(11)5-15-7/h3-5H,2H2,1H3. The molecule has 2 nitrogen and oxygen atoms in total. The van der Waals surface area contributed by atoms with Gasteiger partial charge < -0.3 is 0 Å². The first-order chi connectivity index (χ1) is 7.61. The minimum Gasteiger partial charge on any atom is -0.293 e. The highest BCUT2D eigenvalue weighted by Gasteiger charge is 2.30. The summed E-state index contributed by atoms with van der Waals surface area (Å²) in [6.07, 6.45) is 1.89. The number of amides is 1. The van der Waals surface area contributed by atoms with Crippen molar-refractivity contribution in [2.45, 2.75) is 6.92 Å². The van der Waals surface area contributed by atoms with Gasteiger partial charge in [0, 0.05) is 21.3 Å². The van der Waals surface area contributed by atoms with Crippen LogP contribution in [0.3, 0.4) is 0 Å². The molecule has 2 rings (SSSR count). The SMILES string of the molecule is CCN1C(=O)C(=Cc2cc(Br)cs2)SC1=S. The molecular formula is C10H8BrNOS3. The van der Waals surface area contributed by atoms with Gasteiger partial charge in [-0.15, -0.1) is 11.3 Å². The molecule has 1 amide bonds. The average Bonchev–Trinajstić information content (AvgIpc) is 2.74. The Morgan fingerprint density at radius 2 is 2.38 bits per heavy atom. The minimum atomic E-state index is 0.0158. The first-order valence-electron chi connectivity index (χ1n) is 4.61. The highest BCUT2D eigenvalue weighted by Crippen LogP contribution is 2.33. The van der Waals surface area contributed by atoms with E-state index in [1.807, 2.05) is 24.4 Å². The fourth-order valence-electron chi connectivity index (χ4n) is 1.31. The monoisotopic (exact) mass is 333 g/mol. The first-order valence-corrected chi connectivity index (χ1v) is 7.51. The van der Waals surface area contributed by atoms with Gasteiger partial charge in [-0.2, -0.15) is 0 Å². The number of thiophene rings is 1. The van der Waals surface area contributed by atoms with Crippen LogP contribution in [0.15, 0.2) is 20.8 Å². The van der Waals surface area contributed by atoms with Gasteiger partial charge in [-0.3, -0.25) is 9.69 Å². The third kappa shape index (κ3) is 2.40. The predicted molar refractivity (Wildman–Crippen MR) is 77.6 cm³/mol. The number of hydrogen-bond acceptors (Lipinski definition) is 4. The molecule has 0 bridgehead atoms. The Morgan fingerprint density at radius 1 is 1.62 bits per heavy atom. The number of hydrogen-bond donors (Lipinski definition) is 0. The Hall–Kier alpha value is -0.170. The molecule has 0 N–H and O–H groups in total. The maximum Gasteiger partial charge on any atom is 0.266 e. The van der Waals surface area contributed by atoms with Crippen LogP contribution in [0.1, 0.15) is 11.8 Å². The second kappa shape index (κ2) is 5.00. The maximum atomic E-state index is 11.9. The number of likely N-dealkylation sites (N-methyl/N-ethyl adjacent to an activating group) is 1. The van der Waals surface area contributed by atoms with Gasteiger partial charge in [-0.1, -0.05) is 24.0 Å². The summed E-state index contributed by atoms with van der Waals surface area (Å²) in [7, 11) is 0. The van der Waals surface area contributed by atoms with Crippen molar-refractivity contribution in [3.8, 4) is 0 Å². The lowest BCUT2D eigenvalue weighted by Crippen LogP contribution is -2.27. The summed E-state index contributed by atoms with van der Waals surface area (Å²) in [5, 5.41) is 1.99. The lowest BCUT2D eigenvalue weighted by Gasteiger charge is -2.09. The van der Waals surface area contributed by atoms with Gasteiger partial charge in [0.1, 0.15) is 4.32 Å². The molecule has 0 aromatic carbocycles. The molecule has 1 aliphatic rings. The Morgan fingerprint density at radius 3 is 2.88 bits per heavy atom. The zero-order valence-electron chi connectivity index (χ0n) is 8.40. The molecule has 1 aromatic heterocycles. The van der Waals surface area contributed by atoms with Crippen LogP contribution in [0.5, 0.6) is 0 Å². The molecule has 1 aromatic rings. The van der Waals surface area contributed by atoms with Crippen LogP contribution in [0.25, 0.3) is 6.08 Å². The second-order valence-corrected chi connectivity index (χ2v) is 6.63. The largest absolute Gasteiger partial charge is 0.293 e. The van der Waals surface area contributed by atoms with Crippen LogP contribution in [0.4, 0.5) is 0 Å². The van der Waals surface area contributed by atoms with E-state index in [0.29, 0.717) is 15.8 Å². The summed E-state index contributed by atoms with van der Waals surface area (Å²) >= 11 is 11.5. The fraction of sp³-hybridized carbons (Fsp3) is 0.200. The van der Waals surface area contributed by atoms with E-state index in [0.717, 1.165) is 9.35 Å². The number of carbonyl (C=O) groups is 1. The molecule has 0 spiro atoms. The zero-order valence-corrected chi connectivity index (χ0v) is 12.4. The smallest absolute Gasteiger partial charge is 0.266 e. The Kier molecular flexibility index (Phi) is 3.84. The van der Waals surface area contributed by atoms with E-state index in [-0.39, 0.29) is 5.91 Å². The molecule has 1 saturated heterocycles. The quantitative estimate of drug-likeness (QED) is 0.607. The molecule has 2 heterocycles. The topological polar surface area (TPSA) is 20.3 Å². The molecule has 0 unspecified atom stereocenters.